The van der Waals surface area contributed by atoms with Gasteiger partial charge in [0.15, 0.2) is 0 Å². The summed E-state index contributed by atoms with van der Waals surface area (Å²) in [5, 5.41) is 1.01. The average Bonchev–Trinajstić information content (AvgIpc) is 2.53. The predicted molar refractivity (Wildman–Crippen MR) is 54.8 cm³/mol. The number of thiazole rings is 1. The van der Waals surface area contributed by atoms with Crippen LogP contribution in [-0.4, -0.2) is 9.97 Å². The Hall–Kier alpha value is -1.22. The fourth-order valence-corrected chi connectivity index (χ4v) is 2.00. The minimum Gasteiger partial charge on any atom is -0.253 e. The van der Waals surface area contributed by atoms with E-state index < -0.39 is 0 Å². The summed E-state index contributed by atoms with van der Waals surface area (Å²) in [6.07, 6.45) is 3.69. The van der Waals surface area contributed by atoms with Crippen molar-refractivity contribution in [2.75, 3.05) is 0 Å². The summed E-state index contributed by atoms with van der Waals surface area (Å²) in [7, 11) is 0. The molecule has 3 heteroatoms. The van der Waals surface area contributed by atoms with Crippen LogP contribution in [0.1, 0.15) is 10.4 Å². The van der Waals surface area contributed by atoms with Gasteiger partial charge in [-0.1, -0.05) is 6.07 Å². The molecule has 2 aromatic rings. The lowest BCUT2D eigenvalue weighted by Gasteiger charge is -1.98. The Morgan fingerprint density at radius 1 is 1.23 bits per heavy atom. The van der Waals surface area contributed by atoms with Crippen molar-refractivity contribution in [2.45, 2.75) is 13.8 Å². The Balaban J connectivity index is 2.52. The molecule has 0 N–H and O–H groups in total. The Morgan fingerprint density at radius 2 is 2.08 bits per heavy atom. The molecular weight excluding hydrogens is 180 g/mol. The molecule has 0 amide bonds. The summed E-state index contributed by atoms with van der Waals surface area (Å²) >= 11 is 1.68. The van der Waals surface area contributed by atoms with Crippen molar-refractivity contribution in [1.29, 1.82) is 0 Å². The van der Waals surface area contributed by atoms with Gasteiger partial charge >= 0.3 is 0 Å². The second-order valence-electron chi connectivity index (χ2n) is 2.94. The van der Waals surface area contributed by atoms with E-state index in [0.29, 0.717) is 0 Å². The lowest BCUT2D eigenvalue weighted by atomic mass is 10.2. The molecule has 0 aliphatic rings. The molecule has 0 fully saturated rings. The molecule has 0 radical (unpaired) electrons. The standard InChI is InChI=1S/C10H10N2S/c1-7-4-3-5-11-9(7)10-12-6-8(2)13-10/h3-6H,1-2H3. The van der Waals surface area contributed by atoms with Gasteiger partial charge in [0.05, 0.1) is 0 Å². The number of hydrogen-bond acceptors (Lipinski definition) is 3. The van der Waals surface area contributed by atoms with Crippen molar-refractivity contribution in [3.8, 4) is 10.7 Å². The number of hydrogen-bond donors (Lipinski definition) is 0. The minimum absolute atomic E-state index is 1.00. The van der Waals surface area contributed by atoms with Gasteiger partial charge in [0.25, 0.3) is 0 Å². The van der Waals surface area contributed by atoms with E-state index in [2.05, 4.69) is 29.9 Å². The zero-order chi connectivity index (χ0) is 9.26. The van der Waals surface area contributed by atoms with Gasteiger partial charge in [-0.3, -0.25) is 4.98 Å². The predicted octanol–water partition coefficient (Wildman–Crippen LogP) is 2.82. The molecule has 0 aliphatic carbocycles. The molecule has 0 bridgehead atoms. The van der Waals surface area contributed by atoms with E-state index >= 15 is 0 Å². The van der Waals surface area contributed by atoms with E-state index in [1.54, 1.807) is 17.5 Å². The molecule has 0 aromatic carbocycles. The highest BCUT2D eigenvalue weighted by atomic mass is 32.1. The van der Waals surface area contributed by atoms with Crippen molar-refractivity contribution < 1.29 is 0 Å². The second-order valence-corrected chi connectivity index (χ2v) is 4.18. The number of aryl methyl sites for hydroxylation is 2. The fraction of sp³-hybridized carbons (Fsp3) is 0.200. The summed E-state index contributed by atoms with van der Waals surface area (Å²) in [5.41, 5.74) is 2.18. The summed E-state index contributed by atoms with van der Waals surface area (Å²) in [6, 6.07) is 4.00. The third kappa shape index (κ3) is 1.60. The summed E-state index contributed by atoms with van der Waals surface area (Å²) in [5.74, 6) is 0. The van der Waals surface area contributed by atoms with Crippen LogP contribution in [-0.2, 0) is 0 Å². The molecule has 0 spiro atoms. The molecule has 66 valence electrons. The number of rotatable bonds is 1. The van der Waals surface area contributed by atoms with Crippen LogP contribution in [0.15, 0.2) is 24.5 Å². The maximum Gasteiger partial charge on any atom is 0.142 e. The number of nitrogens with zero attached hydrogens (tertiary/aromatic N) is 2. The lowest BCUT2D eigenvalue weighted by molar-refractivity contribution is 1.24. The fourth-order valence-electron chi connectivity index (χ4n) is 1.17. The second kappa shape index (κ2) is 3.26. The molecule has 13 heavy (non-hydrogen) atoms. The monoisotopic (exact) mass is 190 g/mol. The average molecular weight is 190 g/mol. The Morgan fingerprint density at radius 3 is 2.69 bits per heavy atom. The summed E-state index contributed by atoms with van der Waals surface area (Å²) in [4.78, 5) is 9.83. The van der Waals surface area contributed by atoms with Crippen LogP contribution < -0.4 is 0 Å². The van der Waals surface area contributed by atoms with Crippen LogP contribution in [0.4, 0.5) is 0 Å². The number of aromatic nitrogens is 2. The van der Waals surface area contributed by atoms with Gasteiger partial charge in [-0.2, -0.15) is 0 Å². The van der Waals surface area contributed by atoms with Crippen LogP contribution in [0.2, 0.25) is 0 Å². The highest BCUT2D eigenvalue weighted by Crippen LogP contribution is 2.24. The smallest absolute Gasteiger partial charge is 0.142 e. The van der Waals surface area contributed by atoms with Crippen molar-refractivity contribution in [2.24, 2.45) is 0 Å². The third-order valence-corrected chi connectivity index (χ3v) is 2.75. The molecule has 0 aliphatic heterocycles. The van der Waals surface area contributed by atoms with Gasteiger partial charge in [-0.05, 0) is 25.5 Å². The quantitative estimate of drug-likeness (QED) is 0.691. The van der Waals surface area contributed by atoms with Crippen molar-refractivity contribution in [3.05, 3.63) is 35.0 Å². The maximum absolute atomic E-state index is 4.31. The first-order valence-corrected chi connectivity index (χ1v) is 4.93. The molecule has 2 nitrogen and oxygen atoms in total. The zero-order valence-corrected chi connectivity index (χ0v) is 8.43. The first-order valence-electron chi connectivity index (χ1n) is 4.12. The van der Waals surface area contributed by atoms with Crippen LogP contribution >= 0.6 is 11.3 Å². The third-order valence-electron chi connectivity index (χ3n) is 1.83. The minimum atomic E-state index is 1.00. The SMILES string of the molecule is Cc1cnc(-c2ncccc2C)s1. The maximum atomic E-state index is 4.31. The molecule has 0 saturated carbocycles. The van der Waals surface area contributed by atoms with Gasteiger partial charge in [-0.15, -0.1) is 11.3 Å². The highest BCUT2D eigenvalue weighted by molar-refractivity contribution is 7.14. The van der Waals surface area contributed by atoms with Crippen LogP contribution in [0.3, 0.4) is 0 Å². The Kier molecular flexibility index (Phi) is 2.10. The van der Waals surface area contributed by atoms with E-state index in [9.17, 15) is 0 Å². The van der Waals surface area contributed by atoms with Gasteiger partial charge in [0.2, 0.25) is 0 Å². The zero-order valence-electron chi connectivity index (χ0n) is 7.61. The van der Waals surface area contributed by atoms with Gasteiger partial charge in [-0.25, -0.2) is 4.98 Å². The molecule has 2 aromatic heterocycles. The number of pyridine rings is 1. The van der Waals surface area contributed by atoms with Gasteiger partial charge in [0.1, 0.15) is 10.7 Å². The highest BCUT2D eigenvalue weighted by Gasteiger charge is 2.05. The van der Waals surface area contributed by atoms with E-state index in [4.69, 9.17) is 0 Å². The topological polar surface area (TPSA) is 25.8 Å². The Bertz CT molecular complexity index is 420. The van der Waals surface area contributed by atoms with E-state index in [-0.39, 0.29) is 0 Å². The van der Waals surface area contributed by atoms with Crippen LogP contribution in [0, 0.1) is 13.8 Å². The Labute approximate surface area is 81.3 Å². The normalized spacial score (nSPS) is 10.3. The molecule has 2 rings (SSSR count). The molecule has 0 unspecified atom stereocenters. The van der Waals surface area contributed by atoms with E-state index in [0.717, 1.165) is 10.7 Å². The van der Waals surface area contributed by atoms with Crippen LogP contribution in [0.25, 0.3) is 10.7 Å². The van der Waals surface area contributed by atoms with Crippen molar-refractivity contribution >= 4 is 11.3 Å². The van der Waals surface area contributed by atoms with Crippen LogP contribution in [0.5, 0.6) is 0 Å². The first kappa shape index (κ1) is 8.38. The van der Waals surface area contributed by atoms with E-state index in [1.165, 1.54) is 10.4 Å². The van der Waals surface area contributed by atoms with Gasteiger partial charge in [0, 0.05) is 17.3 Å². The first-order chi connectivity index (χ1) is 6.27. The largest absolute Gasteiger partial charge is 0.253 e. The summed E-state index contributed by atoms with van der Waals surface area (Å²) in [6.45, 7) is 4.11. The van der Waals surface area contributed by atoms with Crippen molar-refractivity contribution in [1.82, 2.24) is 9.97 Å². The lowest BCUT2D eigenvalue weighted by Crippen LogP contribution is -1.85. The van der Waals surface area contributed by atoms with E-state index in [1.807, 2.05) is 12.3 Å². The van der Waals surface area contributed by atoms with Gasteiger partial charge < -0.3 is 0 Å². The molecule has 0 saturated heterocycles. The molecule has 0 atom stereocenters. The summed E-state index contributed by atoms with van der Waals surface area (Å²) < 4.78 is 0. The molecule has 2 heterocycles. The molecular formula is C10H10N2S. The van der Waals surface area contributed by atoms with Crippen molar-refractivity contribution in [3.63, 3.8) is 0 Å².